The van der Waals surface area contributed by atoms with E-state index in [4.69, 9.17) is 9.72 Å². The molecule has 1 N–H and O–H groups in total. The van der Waals surface area contributed by atoms with Gasteiger partial charge in [0.25, 0.3) is 0 Å². The molecular weight excluding hydrogens is 460 g/mol. The smallest absolute Gasteiger partial charge is 0.243 e. The van der Waals surface area contributed by atoms with Gasteiger partial charge < -0.3 is 14.6 Å². The second-order valence-corrected chi connectivity index (χ2v) is 11.9. The zero-order valence-electron chi connectivity index (χ0n) is 19.4. The number of anilines is 1. The lowest BCUT2D eigenvalue weighted by Gasteiger charge is -2.26. The van der Waals surface area contributed by atoms with Crippen molar-refractivity contribution in [1.29, 1.82) is 0 Å². The highest BCUT2D eigenvalue weighted by Gasteiger charge is 2.28. The Kier molecular flexibility index (Phi) is 7.47. The number of aromatic nitrogens is 2. The third kappa shape index (κ3) is 5.29. The molecule has 0 unspecified atom stereocenters. The van der Waals surface area contributed by atoms with Gasteiger partial charge in [-0.3, -0.25) is 4.79 Å². The second-order valence-electron chi connectivity index (χ2n) is 8.67. The lowest BCUT2D eigenvalue weighted by molar-refractivity contribution is -0.115. The molecule has 1 aliphatic carbocycles. The van der Waals surface area contributed by atoms with Gasteiger partial charge in [-0.1, -0.05) is 30.7 Å². The van der Waals surface area contributed by atoms with Crippen molar-refractivity contribution in [3.63, 3.8) is 0 Å². The van der Waals surface area contributed by atoms with Gasteiger partial charge in [0, 0.05) is 30.5 Å². The number of thioether (sulfide) groups is 1. The zero-order chi connectivity index (χ0) is 23.6. The second kappa shape index (κ2) is 10.2. The number of carbonyl (C=O) groups excluding carboxylic acids is 1. The van der Waals surface area contributed by atoms with Crippen LogP contribution in [0.15, 0.2) is 34.3 Å². The van der Waals surface area contributed by atoms with Crippen LogP contribution in [0, 0.1) is 13.8 Å². The highest BCUT2D eigenvalue weighted by atomic mass is 32.2. The Labute approximate surface area is 200 Å². The summed E-state index contributed by atoms with van der Waals surface area (Å²) in [5.74, 6) is -0.183. The molecule has 8 nitrogen and oxygen atoms in total. The highest BCUT2D eigenvalue weighted by Crippen LogP contribution is 2.36. The molecular formula is C23H32N4O4S2. The number of hydrogen-bond donors (Lipinski definition) is 1. The van der Waals surface area contributed by atoms with Gasteiger partial charge in [0.1, 0.15) is 0 Å². The van der Waals surface area contributed by atoms with Crippen molar-refractivity contribution >= 4 is 33.4 Å². The molecule has 10 heteroatoms. The number of hydrogen-bond acceptors (Lipinski definition) is 6. The van der Waals surface area contributed by atoms with Gasteiger partial charge in [0.2, 0.25) is 15.9 Å². The Morgan fingerprint density at radius 2 is 1.91 bits per heavy atom. The molecule has 2 aliphatic rings. The highest BCUT2D eigenvalue weighted by molar-refractivity contribution is 8.00. The van der Waals surface area contributed by atoms with Gasteiger partial charge in [-0.05, 0) is 51.8 Å². The molecule has 33 heavy (non-hydrogen) atoms. The molecule has 1 atom stereocenters. The number of imidazole rings is 1. The predicted molar refractivity (Wildman–Crippen MR) is 129 cm³/mol. The molecule has 0 radical (unpaired) electrons. The summed E-state index contributed by atoms with van der Waals surface area (Å²) in [7, 11) is -3.62. The third-order valence-corrected chi connectivity index (χ3v) is 9.37. The molecule has 4 rings (SSSR count). The molecule has 1 saturated carbocycles. The Balaban J connectivity index is 1.46. The molecule has 2 heterocycles. The van der Waals surface area contributed by atoms with Crippen molar-refractivity contribution in [1.82, 2.24) is 13.9 Å². The fraction of sp³-hybridized carbons (Fsp3) is 0.565. The van der Waals surface area contributed by atoms with Crippen LogP contribution in [0.2, 0.25) is 0 Å². The maximum Gasteiger partial charge on any atom is 0.243 e. The number of aryl methyl sites for hydroxylation is 1. The number of morpholine rings is 1. The first kappa shape index (κ1) is 24.3. The van der Waals surface area contributed by atoms with Crippen molar-refractivity contribution in [2.75, 3.05) is 31.6 Å². The summed E-state index contributed by atoms with van der Waals surface area (Å²) >= 11 is 1.45. The lowest BCUT2D eigenvalue weighted by Crippen LogP contribution is -2.40. The number of sulfonamides is 1. The average Bonchev–Trinajstić information content (AvgIpc) is 3.42. The van der Waals surface area contributed by atoms with Crippen LogP contribution in [-0.2, 0) is 19.6 Å². The molecule has 0 bridgehead atoms. The lowest BCUT2D eigenvalue weighted by atomic mass is 10.2. The van der Waals surface area contributed by atoms with Crippen molar-refractivity contribution in [2.45, 2.75) is 67.8 Å². The van der Waals surface area contributed by atoms with Crippen LogP contribution in [0.4, 0.5) is 5.69 Å². The summed E-state index contributed by atoms with van der Waals surface area (Å²) in [6.07, 6.45) is 4.75. The topological polar surface area (TPSA) is 93.5 Å². The molecule has 1 amide bonds. The predicted octanol–water partition coefficient (Wildman–Crippen LogP) is 3.76. The van der Waals surface area contributed by atoms with Gasteiger partial charge in [0.05, 0.1) is 29.1 Å². The maximum atomic E-state index is 13.0. The van der Waals surface area contributed by atoms with E-state index < -0.39 is 10.0 Å². The van der Waals surface area contributed by atoms with Crippen LogP contribution in [0.5, 0.6) is 0 Å². The normalized spacial score (nSPS) is 19.0. The number of ether oxygens (including phenoxy) is 1. The number of carbonyl (C=O) groups is 1. The summed E-state index contributed by atoms with van der Waals surface area (Å²) in [5.41, 5.74) is 2.63. The number of benzene rings is 1. The van der Waals surface area contributed by atoms with Gasteiger partial charge in [-0.2, -0.15) is 4.31 Å². The molecule has 180 valence electrons. The van der Waals surface area contributed by atoms with Crippen molar-refractivity contribution in [2.24, 2.45) is 0 Å². The van der Waals surface area contributed by atoms with E-state index in [-0.39, 0.29) is 16.1 Å². The summed E-state index contributed by atoms with van der Waals surface area (Å²) < 4.78 is 34.9. The molecule has 1 aliphatic heterocycles. The van der Waals surface area contributed by atoms with E-state index in [0.29, 0.717) is 38.0 Å². The minimum atomic E-state index is -3.62. The minimum Gasteiger partial charge on any atom is -0.379 e. The Bertz CT molecular complexity index is 1100. The molecule has 2 fully saturated rings. The van der Waals surface area contributed by atoms with Crippen molar-refractivity contribution < 1.29 is 17.9 Å². The Morgan fingerprint density at radius 1 is 1.21 bits per heavy atom. The van der Waals surface area contributed by atoms with Gasteiger partial charge in [-0.15, -0.1) is 0 Å². The van der Waals surface area contributed by atoms with Gasteiger partial charge in [-0.25, -0.2) is 13.4 Å². The first-order valence-electron chi connectivity index (χ1n) is 11.5. The number of amides is 1. The summed E-state index contributed by atoms with van der Waals surface area (Å²) in [4.78, 5) is 17.9. The largest absolute Gasteiger partial charge is 0.379 e. The van der Waals surface area contributed by atoms with Gasteiger partial charge >= 0.3 is 0 Å². The van der Waals surface area contributed by atoms with Crippen LogP contribution in [0.25, 0.3) is 0 Å². The van der Waals surface area contributed by atoms with E-state index in [1.807, 2.05) is 13.8 Å². The van der Waals surface area contributed by atoms with Crippen LogP contribution in [-0.4, -0.2) is 59.7 Å². The van der Waals surface area contributed by atoms with E-state index in [9.17, 15) is 13.2 Å². The average molecular weight is 493 g/mol. The van der Waals surface area contributed by atoms with Crippen LogP contribution in [0.1, 0.15) is 50.0 Å². The van der Waals surface area contributed by atoms with E-state index in [2.05, 4.69) is 16.8 Å². The molecule has 1 aromatic heterocycles. The van der Waals surface area contributed by atoms with Crippen LogP contribution >= 0.6 is 11.8 Å². The number of nitrogens with zero attached hydrogens (tertiary/aromatic N) is 3. The summed E-state index contributed by atoms with van der Waals surface area (Å²) in [5, 5.41) is 3.38. The molecule has 0 spiro atoms. The van der Waals surface area contributed by atoms with Crippen molar-refractivity contribution in [3.8, 4) is 0 Å². The molecule has 2 aromatic rings. The van der Waals surface area contributed by atoms with Crippen LogP contribution in [0.3, 0.4) is 0 Å². The van der Waals surface area contributed by atoms with E-state index in [1.54, 1.807) is 18.2 Å². The van der Waals surface area contributed by atoms with E-state index >= 15 is 0 Å². The standard InChI is InChI=1S/C23H32N4O4S2/c1-16-17(2)27(20-8-4-5-9-20)23(24-16)32-18(3)22(28)25-19-7-6-10-21(15-19)33(29,30)26-11-13-31-14-12-26/h6-7,10,15,18,20H,4-5,8-9,11-14H2,1-3H3,(H,25,28)/t18-/m1/s1. The quantitative estimate of drug-likeness (QED) is 0.592. The summed E-state index contributed by atoms with van der Waals surface area (Å²) in [6.45, 7) is 7.40. The Morgan fingerprint density at radius 3 is 2.61 bits per heavy atom. The minimum absolute atomic E-state index is 0.172. The number of rotatable bonds is 7. The SMILES string of the molecule is Cc1nc(S[C@H](C)C(=O)Nc2cccc(S(=O)(=O)N3CCOCC3)c2)n(C2CCCC2)c1C. The van der Waals surface area contributed by atoms with E-state index in [0.717, 1.165) is 29.4 Å². The fourth-order valence-corrected chi connectivity index (χ4v) is 6.92. The first-order chi connectivity index (χ1) is 15.8. The van der Waals surface area contributed by atoms with Crippen molar-refractivity contribution in [3.05, 3.63) is 35.7 Å². The third-order valence-electron chi connectivity index (χ3n) is 6.41. The maximum absolute atomic E-state index is 13.0. The molecule has 1 saturated heterocycles. The van der Waals surface area contributed by atoms with Gasteiger partial charge in [0.15, 0.2) is 5.16 Å². The fourth-order valence-electron chi connectivity index (χ4n) is 4.40. The first-order valence-corrected chi connectivity index (χ1v) is 13.8. The van der Waals surface area contributed by atoms with Crippen LogP contribution < -0.4 is 5.32 Å². The monoisotopic (exact) mass is 492 g/mol. The van der Waals surface area contributed by atoms with E-state index in [1.165, 1.54) is 35.0 Å². The Hall–Kier alpha value is -1.88. The zero-order valence-corrected chi connectivity index (χ0v) is 21.0. The number of nitrogens with one attached hydrogen (secondary N) is 1. The summed E-state index contributed by atoms with van der Waals surface area (Å²) in [6, 6.07) is 6.89. The molecule has 1 aromatic carbocycles.